The van der Waals surface area contributed by atoms with Crippen molar-refractivity contribution >= 4 is 17.7 Å². The van der Waals surface area contributed by atoms with Crippen molar-refractivity contribution in [3.63, 3.8) is 0 Å². The van der Waals surface area contributed by atoms with E-state index in [0.29, 0.717) is 48.3 Å². The van der Waals surface area contributed by atoms with Crippen LogP contribution in [-0.2, 0) is 4.79 Å². The molecule has 7 nitrogen and oxygen atoms in total. The largest absolute Gasteiger partial charge is 0.497 e. The Kier molecular flexibility index (Phi) is 9.14. The van der Waals surface area contributed by atoms with E-state index in [1.807, 2.05) is 50.2 Å². The van der Waals surface area contributed by atoms with E-state index in [0.717, 1.165) is 11.3 Å². The van der Waals surface area contributed by atoms with Gasteiger partial charge in [-0.3, -0.25) is 4.79 Å². The normalized spacial score (nSPS) is 10.7. The predicted octanol–water partition coefficient (Wildman–Crippen LogP) is 5.41. The van der Waals surface area contributed by atoms with Gasteiger partial charge in [0.2, 0.25) is 0 Å². The molecule has 0 saturated carbocycles. The Morgan fingerprint density at radius 2 is 1.69 bits per heavy atom. The summed E-state index contributed by atoms with van der Waals surface area (Å²) in [6, 6.07) is 21.9. The van der Waals surface area contributed by atoms with Gasteiger partial charge in [-0.05, 0) is 61.9 Å². The smallest absolute Gasteiger partial charge is 0.266 e. The fourth-order valence-electron chi connectivity index (χ4n) is 3.15. The number of hydrogen-bond donors (Lipinski definition) is 1. The SMILES string of the molecule is CCOc1cc(/C=C(\C#N)C(=O)Nc2ccc(C)cc2)ccc1OCCOc1cccc(OC)c1. The lowest BCUT2D eigenvalue weighted by Gasteiger charge is -2.13. The van der Waals surface area contributed by atoms with Gasteiger partial charge in [0.25, 0.3) is 5.91 Å². The summed E-state index contributed by atoms with van der Waals surface area (Å²) in [6.45, 7) is 4.90. The minimum atomic E-state index is -0.482. The first kappa shape index (κ1) is 25.2. The lowest BCUT2D eigenvalue weighted by atomic mass is 10.1. The topological polar surface area (TPSA) is 89.8 Å². The van der Waals surface area contributed by atoms with Gasteiger partial charge in [0, 0.05) is 11.8 Å². The van der Waals surface area contributed by atoms with Gasteiger partial charge in [-0.25, -0.2) is 0 Å². The number of nitrogens with one attached hydrogen (secondary N) is 1. The summed E-state index contributed by atoms with van der Waals surface area (Å²) < 4.78 is 22.5. The van der Waals surface area contributed by atoms with Crippen molar-refractivity contribution in [2.24, 2.45) is 0 Å². The highest BCUT2D eigenvalue weighted by atomic mass is 16.5. The second kappa shape index (κ2) is 12.7. The van der Waals surface area contributed by atoms with E-state index >= 15 is 0 Å². The molecule has 3 rings (SSSR count). The Morgan fingerprint density at radius 3 is 2.40 bits per heavy atom. The maximum Gasteiger partial charge on any atom is 0.266 e. The zero-order valence-electron chi connectivity index (χ0n) is 20.0. The zero-order chi connectivity index (χ0) is 25.0. The van der Waals surface area contributed by atoms with Crippen LogP contribution in [0.3, 0.4) is 0 Å². The Labute approximate surface area is 205 Å². The molecule has 0 aromatic heterocycles. The monoisotopic (exact) mass is 472 g/mol. The highest BCUT2D eigenvalue weighted by Gasteiger charge is 2.12. The fourth-order valence-corrected chi connectivity index (χ4v) is 3.15. The molecule has 0 fully saturated rings. The number of anilines is 1. The number of aryl methyl sites for hydroxylation is 1. The number of rotatable bonds is 11. The predicted molar refractivity (Wildman–Crippen MR) is 135 cm³/mol. The van der Waals surface area contributed by atoms with Crippen LogP contribution in [0.25, 0.3) is 6.08 Å². The minimum absolute atomic E-state index is 0.0200. The highest BCUT2D eigenvalue weighted by molar-refractivity contribution is 6.09. The van der Waals surface area contributed by atoms with Crippen LogP contribution in [0.5, 0.6) is 23.0 Å². The van der Waals surface area contributed by atoms with Crippen LogP contribution >= 0.6 is 0 Å². The van der Waals surface area contributed by atoms with E-state index in [1.165, 1.54) is 6.08 Å². The molecule has 0 atom stereocenters. The van der Waals surface area contributed by atoms with Crippen molar-refractivity contribution in [3.05, 3.63) is 83.4 Å². The van der Waals surface area contributed by atoms with Gasteiger partial charge in [0.1, 0.15) is 36.4 Å². The van der Waals surface area contributed by atoms with Crippen LogP contribution in [0.4, 0.5) is 5.69 Å². The summed E-state index contributed by atoms with van der Waals surface area (Å²) in [5.74, 6) is 1.98. The molecule has 1 N–H and O–H groups in total. The summed E-state index contributed by atoms with van der Waals surface area (Å²) in [5, 5.41) is 12.3. The Bertz CT molecular complexity index is 1210. The summed E-state index contributed by atoms with van der Waals surface area (Å²) >= 11 is 0. The number of nitrogens with zero attached hydrogens (tertiary/aromatic N) is 1. The molecule has 0 aliphatic rings. The molecule has 0 bridgehead atoms. The fraction of sp³-hybridized carbons (Fsp3) is 0.214. The Morgan fingerprint density at radius 1 is 0.943 bits per heavy atom. The quantitative estimate of drug-likeness (QED) is 0.228. The molecule has 0 spiro atoms. The molecule has 0 heterocycles. The molecule has 0 aliphatic carbocycles. The number of carbonyl (C=O) groups excluding carboxylic acids is 1. The van der Waals surface area contributed by atoms with E-state index < -0.39 is 5.91 Å². The van der Waals surface area contributed by atoms with E-state index in [4.69, 9.17) is 18.9 Å². The molecule has 35 heavy (non-hydrogen) atoms. The van der Waals surface area contributed by atoms with Crippen LogP contribution in [0, 0.1) is 18.3 Å². The number of methoxy groups -OCH3 is 1. The molecule has 0 radical (unpaired) electrons. The van der Waals surface area contributed by atoms with Crippen LogP contribution in [0.2, 0.25) is 0 Å². The second-order valence-corrected chi connectivity index (χ2v) is 7.51. The average Bonchev–Trinajstić information content (AvgIpc) is 2.87. The molecule has 7 heteroatoms. The van der Waals surface area contributed by atoms with E-state index in [1.54, 1.807) is 43.5 Å². The number of benzene rings is 3. The van der Waals surface area contributed by atoms with Gasteiger partial charge in [-0.1, -0.05) is 29.8 Å². The third kappa shape index (κ3) is 7.54. The van der Waals surface area contributed by atoms with Crippen molar-refractivity contribution in [3.8, 4) is 29.1 Å². The Hall–Kier alpha value is -4.44. The number of amides is 1. The molecule has 3 aromatic carbocycles. The second-order valence-electron chi connectivity index (χ2n) is 7.51. The summed E-state index contributed by atoms with van der Waals surface area (Å²) in [6.07, 6.45) is 1.52. The lowest BCUT2D eigenvalue weighted by molar-refractivity contribution is -0.112. The Balaban J connectivity index is 1.65. The zero-order valence-corrected chi connectivity index (χ0v) is 20.0. The van der Waals surface area contributed by atoms with Crippen LogP contribution in [0.15, 0.2) is 72.3 Å². The molecule has 0 saturated heterocycles. The summed E-state index contributed by atoms with van der Waals surface area (Å²) in [7, 11) is 1.60. The van der Waals surface area contributed by atoms with Gasteiger partial charge in [-0.2, -0.15) is 5.26 Å². The molecular formula is C28H28N2O5. The first-order valence-corrected chi connectivity index (χ1v) is 11.2. The molecular weight excluding hydrogens is 444 g/mol. The number of hydrogen-bond acceptors (Lipinski definition) is 6. The first-order valence-electron chi connectivity index (χ1n) is 11.2. The van der Waals surface area contributed by atoms with Crippen molar-refractivity contribution in [2.75, 3.05) is 32.2 Å². The van der Waals surface area contributed by atoms with E-state index in [2.05, 4.69) is 5.32 Å². The number of carbonyl (C=O) groups is 1. The van der Waals surface area contributed by atoms with Gasteiger partial charge in [0.05, 0.1) is 13.7 Å². The summed E-state index contributed by atoms with van der Waals surface area (Å²) in [5.41, 5.74) is 2.32. The lowest BCUT2D eigenvalue weighted by Crippen LogP contribution is -2.13. The van der Waals surface area contributed by atoms with Crippen molar-refractivity contribution in [2.45, 2.75) is 13.8 Å². The molecule has 3 aromatic rings. The van der Waals surface area contributed by atoms with Crippen LogP contribution in [-0.4, -0.2) is 32.8 Å². The number of ether oxygens (including phenoxy) is 4. The van der Waals surface area contributed by atoms with E-state index in [-0.39, 0.29) is 5.57 Å². The van der Waals surface area contributed by atoms with Crippen molar-refractivity contribution in [1.82, 2.24) is 0 Å². The molecule has 0 aliphatic heterocycles. The first-order chi connectivity index (χ1) is 17.0. The van der Waals surface area contributed by atoms with E-state index in [9.17, 15) is 10.1 Å². The van der Waals surface area contributed by atoms with Crippen LogP contribution < -0.4 is 24.3 Å². The van der Waals surface area contributed by atoms with Gasteiger partial charge < -0.3 is 24.3 Å². The molecule has 180 valence electrons. The minimum Gasteiger partial charge on any atom is -0.497 e. The maximum atomic E-state index is 12.6. The van der Waals surface area contributed by atoms with Crippen molar-refractivity contribution < 1.29 is 23.7 Å². The maximum absolute atomic E-state index is 12.6. The summed E-state index contributed by atoms with van der Waals surface area (Å²) in [4.78, 5) is 12.6. The van der Waals surface area contributed by atoms with Gasteiger partial charge >= 0.3 is 0 Å². The molecule has 0 unspecified atom stereocenters. The number of nitriles is 1. The average molecular weight is 473 g/mol. The van der Waals surface area contributed by atoms with Crippen molar-refractivity contribution in [1.29, 1.82) is 5.26 Å². The third-order valence-corrected chi connectivity index (χ3v) is 4.90. The van der Waals surface area contributed by atoms with Gasteiger partial charge in [-0.15, -0.1) is 0 Å². The highest BCUT2D eigenvalue weighted by Crippen LogP contribution is 2.29. The standard InChI is InChI=1S/C28H28N2O5/c1-4-33-27-17-21(16-22(19-29)28(31)30-23-11-8-20(2)9-12-23)10-13-26(27)35-15-14-34-25-7-5-6-24(18-25)32-3/h5-13,16-18H,4,14-15H2,1-3H3,(H,30,31)/b22-16+. The van der Waals surface area contributed by atoms with Crippen LogP contribution in [0.1, 0.15) is 18.1 Å². The molecule has 1 amide bonds. The third-order valence-electron chi connectivity index (χ3n) is 4.90. The van der Waals surface area contributed by atoms with Gasteiger partial charge in [0.15, 0.2) is 11.5 Å².